The van der Waals surface area contributed by atoms with Crippen molar-refractivity contribution in [1.29, 1.82) is 0 Å². The molecule has 1 aromatic heterocycles. The number of anilines is 1. The zero-order valence-electron chi connectivity index (χ0n) is 15.8. The standard InChI is InChI=1S/C23H19N3O3/c1-16(22(27)25-21-9-4-7-17-6-2-3-8-20(17)21)29-23(28)18-10-12-19(13-11-18)26-15-5-14-24-26/h2-16H,1H3,(H,25,27). The maximum Gasteiger partial charge on any atom is 0.338 e. The number of rotatable bonds is 5. The maximum atomic E-state index is 12.5. The van der Waals surface area contributed by atoms with Crippen LogP contribution in [0.25, 0.3) is 16.5 Å². The zero-order chi connectivity index (χ0) is 20.2. The molecule has 1 N–H and O–H groups in total. The van der Waals surface area contributed by atoms with Gasteiger partial charge in [-0.25, -0.2) is 9.48 Å². The number of amides is 1. The van der Waals surface area contributed by atoms with Gasteiger partial charge in [-0.05, 0) is 48.7 Å². The number of nitrogens with one attached hydrogen (secondary N) is 1. The lowest BCUT2D eigenvalue weighted by Gasteiger charge is -2.15. The second-order valence-electron chi connectivity index (χ2n) is 6.56. The topological polar surface area (TPSA) is 73.2 Å². The molecule has 6 heteroatoms. The van der Waals surface area contributed by atoms with Crippen molar-refractivity contribution >= 4 is 28.3 Å². The van der Waals surface area contributed by atoms with Crippen molar-refractivity contribution in [3.05, 3.63) is 90.8 Å². The zero-order valence-corrected chi connectivity index (χ0v) is 15.8. The predicted molar refractivity (Wildman–Crippen MR) is 111 cm³/mol. The molecule has 6 nitrogen and oxygen atoms in total. The Hall–Kier alpha value is -3.93. The summed E-state index contributed by atoms with van der Waals surface area (Å²) in [5.74, 6) is -0.944. The third-order valence-corrected chi connectivity index (χ3v) is 4.57. The molecular formula is C23H19N3O3. The van der Waals surface area contributed by atoms with Crippen LogP contribution >= 0.6 is 0 Å². The lowest BCUT2D eigenvalue weighted by atomic mass is 10.1. The van der Waals surface area contributed by atoms with E-state index in [0.717, 1.165) is 16.5 Å². The molecule has 0 spiro atoms. The van der Waals surface area contributed by atoms with Crippen LogP contribution in [0.3, 0.4) is 0 Å². The number of aromatic nitrogens is 2. The van der Waals surface area contributed by atoms with Crippen LogP contribution in [0.4, 0.5) is 5.69 Å². The summed E-state index contributed by atoms with van der Waals surface area (Å²) in [6.07, 6.45) is 2.55. The van der Waals surface area contributed by atoms with Gasteiger partial charge in [0.1, 0.15) is 0 Å². The highest BCUT2D eigenvalue weighted by Gasteiger charge is 2.19. The second-order valence-corrected chi connectivity index (χ2v) is 6.56. The number of carbonyl (C=O) groups is 2. The monoisotopic (exact) mass is 385 g/mol. The van der Waals surface area contributed by atoms with E-state index >= 15 is 0 Å². The number of esters is 1. The van der Waals surface area contributed by atoms with Crippen molar-refractivity contribution in [3.63, 3.8) is 0 Å². The average Bonchev–Trinajstić information content (AvgIpc) is 3.29. The van der Waals surface area contributed by atoms with Crippen molar-refractivity contribution < 1.29 is 14.3 Å². The molecule has 0 aliphatic carbocycles. The molecule has 1 unspecified atom stereocenters. The summed E-state index contributed by atoms with van der Waals surface area (Å²) in [7, 11) is 0. The molecule has 4 rings (SSSR count). The highest BCUT2D eigenvalue weighted by Crippen LogP contribution is 2.23. The number of hydrogen-bond donors (Lipinski definition) is 1. The van der Waals surface area contributed by atoms with Crippen LogP contribution in [0, 0.1) is 0 Å². The number of carbonyl (C=O) groups excluding carboxylic acids is 2. The summed E-state index contributed by atoms with van der Waals surface area (Å²) >= 11 is 0. The number of fused-ring (bicyclic) bond motifs is 1. The Kier molecular flexibility index (Phi) is 5.07. The van der Waals surface area contributed by atoms with Crippen LogP contribution in [-0.2, 0) is 9.53 Å². The summed E-state index contributed by atoms with van der Waals surface area (Å²) < 4.78 is 7.03. The first-order valence-electron chi connectivity index (χ1n) is 9.21. The Morgan fingerprint density at radius 3 is 2.48 bits per heavy atom. The van der Waals surface area contributed by atoms with Crippen LogP contribution in [0.15, 0.2) is 85.2 Å². The Bertz CT molecular complexity index is 1150. The Morgan fingerprint density at radius 1 is 0.966 bits per heavy atom. The van der Waals surface area contributed by atoms with Gasteiger partial charge in [-0.3, -0.25) is 4.79 Å². The van der Waals surface area contributed by atoms with Crippen molar-refractivity contribution in [2.75, 3.05) is 5.32 Å². The molecule has 1 atom stereocenters. The van der Waals surface area contributed by atoms with Crippen molar-refractivity contribution in [2.45, 2.75) is 13.0 Å². The normalized spacial score (nSPS) is 11.8. The van der Waals surface area contributed by atoms with Crippen LogP contribution in [0.1, 0.15) is 17.3 Å². The lowest BCUT2D eigenvalue weighted by molar-refractivity contribution is -0.123. The van der Waals surface area contributed by atoms with Crippen LogP contribution in [0.2, 0.25) is 0 Å². The van der Waals surface area contributed by atoms with E-state index in [1.807, 2.05) is 54.7 Å². The molecule has 0 aliphatic rings. The van der Waals surface area contributed by atoms with E-state index in [9.17, 15) is 9.59 Å². The highest BCUT2D eigenvalue weighted by molar-refractivity contribution is 6.04. The lowest BCUT2D eigenvalue weighted by Crippen LogP contribution is -2.30. The molecule has 0 fully saturated rings. The van der Waals surface area contributed by atoms with Crippen LogP contribution in [0.5, 0.6) is 0 Å². The molecule has 4 aromatic rings. The van der Waals surface area contributed by atoms with Gasteiger partial charge in [-0.2, -0.15) is 5.10 Å². The van der Waals surface area contributed by atoms with Gasteiger partial charge in [0.25, 0.3) is 5.91 Å². The molecule has 0 saturated heterocycles. The molecular weight excluding hydrogens is 366 g/mol. The van der Waals surface area contributed by atoms with E-state index < -0.39 is 12.1 Å². The molecule has 0 aliphatic heterocycles. The summed E-state index contributed by atoms with van der Waals surface area (Å²) in [5.41, 5.74) is 1.87. The third-order valence-electron chi connectivity index (χ3n) is 4.57. The van der Waals surface area contributed by atoms with E-state index in [-0.39, 0.29) is 5.91 Å². The first-order chi connectivity index (χ1) is 14.1. The van der Waals surface area contributed by atoms with Gasteiger partial charge in [0.15, 0.2) is 6.10 Å². The summed E-state index contributed by atoms with van der Waals surface area (Å²) in [4.78, 5) is 24.9. The fraction of sp³-hybridized carbons (Fsp3) is 0.0870. The predicted octanol–water partition coefficient (Wildman–Crippen LogP) is 4.21. The van der Waals surface area contributed by atoms with Gasteiger partial charge in [0.05, 0.1) is 11.3 Å². The van der Waals surface area contributed by atoms with Gasteiger partial charge >= 0.3 is 5.97 Å². The van der Waals surface area contributed by atoms with E-state index in [4.69, 9.17) is 4.74 Å². The molecule has 144 valence electrons. The van der Waals surface area contributed by atoms with Crippen LogP contribution in [-0.4, -0.2) is 27.8 Å². The fourth-order valence-electron chi connectivity index (χ4n) is 3.02. The first kappa shape index (κ1) is 18.4. The summed E-state index contributed by atoms with van der Waals surface area (Å²) in [6.45, 7) is 1.55. The van der Waals surface area contributed by atoms with Crippen molar-refractivity contribution in [3.8, 4) is 5.69 Å². The van der Waals surface area contributed by atoms with Gasteiger partial charge in [-0.15, -0.1) is 0 Å². The Balaban J connectivity index is 1.42. The first-order valence-corrected chi connectivity index (χ1v) is 9.21. The second kappa shape index (κ2) is 7.98. The molecule has 0 radical (unpaired) electrons. The molecule has 1 amide bonds. The molecule has 1 heterocycles. The Morgan fingerprint density at radius 2 is 1.72 bits per heavy atom. The minimum atomic E-state index is -0.938. The van der Waals surface area contributed by atoms with E-state index in [2.05, 4.69) is 10.4 Å². The number of benzene rings is 3. The summed E-state index contributed by atoms with van der Waals surface area (Å²) in [5, 5.41) is 8.93. The van der Waals surface area contributed by atoms with Gasteiger partial charge < -0.3 is 10.1 Å². The Labute approximate surface area is 167 Å². The van der Waals surface area contributed by atoms with Crippen molar-refractivity contribution in [2.24, 2.45) is 0 Å². The molecule has 3 aromatic carbocycles. The molecule has 0 bridgehead atoms. The maximum absolute atomic E-state index is 12.5. The number of nitrogens with zero attached hydrogens (tertiary/aromatic N) is 2. The fourth-order valence-corrected chi connectivity index (χ4v) is 3.02. The van der Waals surface area contributed by atoms with Crippen molar-refractivity contribution in [1.82, 2.24) is 9.78 Å². The molecule has 0 saturated carbocycles. The largest absolute Gasteiger partial charge is 0.449 e. The highest BCUT2D eigenvalue weighted by atomic mass is 16.5. The average molecular weight is 385 g/mol. The SMILES string of the molecule is CC(OC(=O)c1ccc(-n2cccn2)cc1)C(=O)Nc1cccc2ccccc12. The number of hydrogen-bond acceptors (Lipinski definition) is 4. The smallest absolute Gasteiger partial charge is 0.338 e. The van der Waals surface area contributed by atoms with Gasteiger partial charge in [0.2, 0.25) is 0 Å². The third kappa shape index (κ3) is 4.01. The minimum absolute atomic E-state index is 0.366. The van der Waals surface area contributed by atoms with Crippen LogP contribution < -0.4 is 5.32 Å². The van der Waals surface area contributed by atoms with Gasteiger partial charge in [0, 0.05) is 23.5 Å². The van der Waals surface area contributed by atoms with Gasteiger partial charge in [-0.1, -0.05) is 36.4 Å². The number of ether oxygens (including phenoxy) is 1. The van der Waals surface area contributed by atoms with E-state index in [1.54, 1.807) is 42.1 Å². The van der Waals surface area contributed by atoms with E-state index in [1.165, 1.54) is 0 Å². The van der Waals surface area contributed by atoms with E-state index in [0.29, 0.717) is 11.3 Å². The molecule has 29 heavy (non-hydrogen) atoms. The quantitative estimate of drug-likeness (QED) is 0.522. The minimum Gasteiger partial charge on any atom is -0.449 e. The summed E-state index contributed by atoms with van der Waals surface area (Å²) in [6, 6.07) is 22.1.